The molecule has 492 valence electrons. The number of nitrogens with one attached hydrogen (secondary N) is 3. The van der Waals surface area contributed by atoms with E-state index in [4.69, 9.17) is 9.47 Å². The molecule has 0 spiro atoms. The van der Waals surface area contributed by atoms with Crippen molar-refractivity contribution in [3.63, 3.8) is 0 Å². The first-order valence-corrected chi connectivity index (χ1v) is 31.9. The summed E-state index contributed by atoms with van der Waals surface area (Å²) in [6.07, 6.45) is 4.76. The van der Waals surface area contributed by atoms with Crippen LogP contribution in [0, 0.1) is 25.2 Å². The first-order chi connectivity index (χ1) is 43.8. The SMILES string of the molecule is Cc1ccc(CC[C@H]2OC(=O)[C@@H]3CCCCN3C(=O)C(=O)C(C)(C)CCC(=O)C=CCCN(C)C(=O)[C@H](CC(C)C)N(C)C(=O)[C@H]3CCCN3C(=O)[C@H](Cc3ccc(OCC(=O)O)cc3)NC(=O)[C@H](c3ccccc3)NC(=O)CCC(=O)Nc3cccc2c3)cc1C. The molecule has 0 unspecified atom stereocenters. The van der Waals surface area contributed by atoms with Gasteiger partial charge in [0.25, 0.3) is 5.91 Å². The molecule has 92 heavy (non-hydrogen) atoms. The number of Topliss-reactive ketones (excluding diaryl/α,β-unsaturated/α-hetero) is 1. The average molecular weight is 1260 g/mol. The van der Waals surface area contributed by atoms with Gasteiger partial charge in [-0.05, 0) is 148 Å². The van der Waals surface area contributed by atoms with Crippen molar-refractivity contribution in [3.8, 4) is 5.75 Å². The summed E-state index contributed by atoms with van der Waals surface area (Å²) < 4.78 is 11.7. The molecule has 6 atom stereocenters. The Morgan fingerprint density at radius 3 is 2.10 bits per heavy atom. The number of ether oxygens (including phenoxy) is 2. The van der Waals surface area contributed by atoms with Gasteiger partial charge in [0, 0.05) is 70.5 Å². The number of ketones is 2. The number of carbonyl (C=O) groups is 11. The van der Waals surface area contributed by atoms with Gasteiger partial charge in [0.2, 0.25) is 41.2 Å². The zero-order chi connectivity index (χ0) is 66.8. The molecule has 3 aliphatic rings. The number of nitrogens with zero attached hydrogens (tertiary/aromatic N) is 4. The van der Waals surface area contributed by atoms with Gasteiger partial charge in [-0.1, -0.05) is 107 Å². The summed E-state index contributed by atoms with van der Waals surface area (Å²) in [7, 11) is 3.14. The van der Waals surface area contributed by atoms with Crippen LogP contribution in [0.3, 0.4) is 0 Å². The molecule has 7 amide bonds. The van der Waals surface area contributed by atoms with Crippen LogP contribution in [-0.4, -0.2) is 154 Å². The zero-order valence-electron chi connectivity index (χ0n) is 54.2. The molecular formula is C71H89N7O14. The number of rotatable bonds is 11. The van der Waals surface area contributed by atoms with Crippen LogP contribution >= 0.6 is 0 Å². The van der Waals surface area contributed by atoms with Crippen LogP contribution in [0.4, 0.5) is 5.69 Å². The van der Waals surface area contributed by atoms with E-state index >= 15 is 4.79 Å². The second-order valence-corrected chi connectivity index (χ2v) is 25.5. The van der Waals surface area contributed by atoms with Crippen LogP contribution < -0.4 is 20.7 Å². The lowest BCUT2D eigenvalue weighted by Crippen LogP contribution is -2.58. The monoisotopic (exact) mass is 1260 g/mol. The summed E-state index contributed by atoms with van der Waals surface area (Å²) in [6.45, 7) is 11.0. The van der Waals surface area contributed by atoms with Gasteiger partial charge in [-0.25, -0.2) is 9.59 Å². The van der Waals surface area contributed by atoms with E-state index in [-0.39, 0.29) is 101 Å². The molecule has 4 N–H and O–H groups in total. The number of hydrogen-bond acceptors (Lipinski definition) is 13. The Morgan fingerprint density at radius 1 is 0.707 bits per heavy atom. The largest absolute Gasteiger partial charge is 0.482 e. The van der Waals surface area contributed by atoms with Crippen LogP contribution in [0.2, 0.25) is 0 Å². The van der Waals surface area contributed by atoms with Gasteiger partial charge in [0.05, 0.1) is 0 Å². The third-order valence-electron chi connectivity index (χ3n) is 17.5. The molecule has 3 heterocycles. The highest BCUT2D eigenvalue weighted by Gasteiger charge is 2.44. The predicted molar refractivity (Wildman–Crippen MR) is 344 cm³/mol. The van der Waals surface area contributed by atoms with Gasteiger partial charge in [0.1, 0.15) is 42.1 Å². The molecule has 3 aliphatic heterocycles. The second-order valence-electron chi connectivity index (χ2n) is 25.5. The molecule has 4 aromatic rings. The number of allylic oxidation sites excluding steroid dienone is 1. The lowest BCUT2D eigenvalue weighted by atomic mass is 9.81. The van der Waals surface area contributed by atoms with Crippen molar-refractivity contribution in [1.82, 2.24) is 30.2 Å². The van der Waals surface area contributed by atoms with Crippen LogP contribution in [0.5, 0.6) is 5.75 Å². The van der Waals surface area contributed by atoms with E-state index in [2.05, 4.69) is 22.0 Å². The minimum absolute atomic E-state index is 0.0369. The summed E-state index contributed by atoms with van der Waals surface area (Å²) >= 11 is 0. The van der Waals surface area contributed by atoms with Gasteiger partial charge >= 0.3 is 11.9 Å². The molecule has 7 rings (SSSR count). The number of fused-ring (bicyclic) bond motifs is 4. The number of anilines is 1. The predicted octanol–water partition coefficient (Wildman–Crippen LogP) is 7.90. The molecule has 2 fully saturated rings. The summed E-state index contributed by atoms with van der Waals surface area (Å²) in [5.41, 5.74) is 3.69. The third-order valence-corrected chi connectivity index (χ3v) is 17.5. The van der Waals surface area contributed by atoms with Gasteiger partial charge in [-0.2, -0.15) is 0 Å². The number of piperidine rings is 1. The fourth-order valence-electron chi connectivity index (χ4n) is 11.8. The van der Waals surface area contributed by atoms with Gasteiger partial charge < -0.3 is 50.1 Å². The average Bonchev–Trinajstić information content (AvgIpc) is 1.36. The number of aliphatic carboxylic acids is 1. The molecule has 0 aliphatic carbocycles. The maximum atomic E-state index is 15.1. The van der Waals surface area contributed by atoms with E-state index in [0.29, 0.717) is 54.5 Å². The minimum Gasteiger partial charge on any atom is -0.482 e. The van der Waals surface area contributed by atoms with E-state index in [1.165, 1.54) is 44.9 Å². The topological polar surface area (TPSA) is 276 Å². The van der Waals surface area contributed by atoms with Crippen molar-refractivity contribution < 1.29 is 67.3 Å². The van der Waals surface area contributed by atoms with Crippen molar-refractivity contribution in [2.75, 3.05) is 45.7 Å². The zero-order valence-corrected chi connectivity index (χ0v) is 54.2. The summed E-state index contributed by atoms with van der Waals surface area (Å²) in [6, 6.07) is 21.8. The minimum atomic E-state index is -1.38. The number of carbonyl (C=O) groups excluding carboxylic acids is 10. The first kappa shape index (κ1) is 70.4. The number of carboxylic acids is 1. The maximum absolute atomic E-state index is 15.1. The van der Waals surface area contributed by atoms with Crippen LogP contribution in [0.25, 0.3) is 0 Å². The molecule has 2 bridgehead atoms. The van der Waals surface area contributed by atoms with E-state index < -0.39 is 101 Å². The molecule has 0 aromatic heterocycles. The lowest BCUT2D eigenvalue weighted by Gasteiger charge is -2.36. The standard InChI is InChI=1S/C71H89N7O14/c1-45(2)40-58-67(87)75(7)37-14-12-22-53(79)35-36-71(5,6)64(84)69(89)78-38-15-13-23-57(78)70(90)92-59(32-29-48-26-25-46(3)47(4)41-48)51-20-16-21-52(43-51)72-60(80)33-34-61(81)74-63(50-18-10-9-11-19-50)65(85)73-55(42-49-27-30-54(31-28-49)91-44-62(82)83)66(86)77-39-17-24-56(77)68(88)76(58)8/h9-12,16,18-22,25-28,30-31,41,43,45,55-59,63H,13-15,17,23-24,29,32-40,42,44H2,1-8H3,(H,72,80)(H,73,85)(H,74,81)(H,82,83)/t55-,56+,57-,58-,59+,63-/m0/s1. The quantitative estimate of drug-likeness (QED) is 0.0821. The highest BCUT2D eigenvalue weighted by Crippen LogP contribution is 2.32. The fourth-order valence-corrected chi connectivity index (χ4v) is 11.8. The van der Waals surface area contributed by atoms with Gasteiger partial charge in [-0.15, -0.1) is 0 Å². The fraction of sp³-hybridized carbons (Fsp3) is 0.479. The second kappa shape index (κ2) is 32.8. The molecule has 0 saturated carbocycles. The Bertz CT molecular complexity index is 3360. The third kappa shape index (κ3) is 19.5. The number of aryl methyl sites for hydroxylation is 3. The normalized spacial score (nSPS) is 22.7. The Balaban J connectivity index is 1.20. The summed E-state index contributed by atoms with van der Waals surface area (Å²) in [4.78, 5) is 160. The lowest BCUT2D eigenvalue weighted by molar-refractivity contribution is -0.164. The number of likely N-dealkylation sites (N-methyl/N-ethyl adjacent to an activating group) is 2. The number of esters is 1. The van der Waals surface area contributed by atoms with Crippen LogP contribution in [-0.2, 0) is 70.3 Å². The van der Waals surface area contributed by atoms with Crippen molar-refractivity contribution in [2.45, 2.75) is 168 Å². The van der Waals surface area contributed by atoms with E-state index in [1.807, 2.05) is 39.8 Å². The van der Waals surface area contributed by atoms with Crippen molar-refractivity contribution >= 4 is 70.5 Å². The Hall–Kier alpha value is -9.01. The highest BCUT2D eigenvalue weighted by molar-refractivity contribution is 6.38. The van der Waals surface area contributed by atoms with Crippen molar-refractivity contribution in [2.24, 2.45) is 11.3 Å². The van der Waals surface area contributed by atoms with E-state index in [1.54, 1.807) is 93.7 Å². The Morgan fingerprint density at radius 2 is 1.39 bits per heavy atom. The molecule has 0 radical (unpaired) electrons. The molecule has 2 saturated heterocycles. The number of amides is 7. The maximum Gasteiger partial charge on any atom is 0.341 e. The molecular weight excluding hydrogens is 1170 g/mol. The summed E-state index contributed by atoms with van der Waals surface area (Å²) in [5.74, 6) is -6.99. The Kier molecular flexibility index (Phi) is 25.1. The summed E-state index contributed by atoms with van der Waals surface area (Å²) in [5, 5.41) is 17.7. The number of hydrogen-bond donors (Lipinski definition) is 4. The van der Waals surface area contributed by atoms with Gasteiger partial charge in [-0.3, -0.25) is 43.2 Å². The highest BCUT2D eigenvalue weighted by atomic mass is 16.5. The van der Waals surface area contributed by atoms with Crippen molar-refractivity contribution in [1.29, 1.82) is 0 Å². The number of carboxylic acid groups (broad SMARTS) is 1. The molecule has 21 heteroatoms. The molecule has 21 nitrogen and oxygen atoms in total. The number of cyclic esters (lactones) is 1. The Labute approximate surface area is 539 Å². The van der Waals surface area contributed by atoms with Crippen molar-refractivity contribution in [3.05, 3.63) is 143 Å². The molecule has 4 aromatic carbocycles. The smallest absolute Gasteiger partial charge is 0.341 e. The van der Waals surface area contributed by atoms with Gasteiger partial charge in [0.15, 0.2) is 12.4 Å². The number of benzene rings is 4. The first-order valence-electron chi connectivity index (χ1n) is 31.9. The van der Waals surface area contributed by atoms with Crippen LogP contribution in [0.15, 0.2) is 109 Å². The van der Waals surface area contributed by atoms with E-state index in [0.717, 1.165) is 16.7 Å². The van der Waals surface area contributed by atoms with E-state index in [9.17, 15) is 53.1 Å². The van der Waals surface area contributed by atoms with Crippen LogP contribution in [0.1, 0.15) is 150 Å².